The van der Waals surface area contributed by atoms with Gasteiger partial charge in [-0.25, -0.2) is 0 Å². The van der Waals surface area contributed by atoms with Crippen molar-refractivity contribution in [3.8, 4) is 0 Å². The summed E-state index contributed by atoms with van der Waals surface area (Å²) in [6, 6.07) is 10.2. The van der Waals surface area contributed by atoms with Crippen LogP contribution in [-0.4, -0.2) is 15.5 Å². The van der Waals surface area contributed by atoms with Crippen molar-refractivity contribution in [1.29, 1.82) is 0 Å². The van der Waals surface area contributed by atoms with Crippen LogP contribution in [0.2, 0.25) is 0 Å². The summed E-state index contributed by atoms with van der Waals surface area (Å²) >= 11 is 5.29. The smallest absolute Gasteiger partial charge is 0.145 e. The maximum absolute atomic E-state index is 5.55. The van der Waals surface area contributed by atoms with Gasteiger partial charge < -0.3 is 5.73 Å². The highest BCUT2D eigenvalue weighted by atomic mass is 79.9. The first-order valence-electron chi connectivity index (χ1n) is 5.41. The molecule has 0 spiro atoms. The average Bonchev–Trinajstić information content (AvgIpc) is 2.73. The predicted molar refractivity (Wildman–Crippen MR) is 76.1 cm³/mol. The van der Waals surface area contributed by atoms with Gasteiger partial charge in [0.05, 0.1) is 0 Å². The van der Waals surface area contributed by atoms with E-state index in [0.717, 1.165) is 23.2 Å². The third-order valence-corrected chi connectivity index (χ3v) is 3.90. The molecule has 0 aliphatic carbocycles. The van der Waals surface area contributed by atoms with E-state index in [2.05, 4.69) is 45.3 Å². The highest BCUT2D eigenvalue weighted by Crippen LogP contribution is 2.21. The van der Waals surface area contributed by atoms with Gasteiger partial charge in [-0.2, -0.15) is 5.10 Å². The van der Waals surface area contributed by atoms with E-state index in [1.54, 1.807) is 0 Å². The zero-order valence-corrected chi connectivity index (χ0v) is 11.7. The van der Waals surface area contributed by atoms with Crippen LogP contribution < -0.4 is 5.73 Å². The summed E-state index contributed by atoms with van der Waals surface area (Å²) in [5.74, 6) is 1.67. The molecule has 0 amide bonds. The fraction of sp³-hybridized carbons (Fsp3) is 0.250. The minimum absolute atomic E-state index is 0.588. The molecule has 0 unspecified atom stereocenters. The topological polar surface area (TPSA) is 43.8 Å². The molecule has 0 saturated heterocycles. The Bertz CT molecular complexity index is 467. The van der Waals surface area contributed by atoms with Crippen molar-refractivity contribution in [3.05, 3.63) is 41.0 Å². The maximum atomic E-state index is 5.55. The molecule has 0 aliphatic rings. The molecule has 17 heavy (non-hydrogen) atoms. The summed E-state index contributed by atoms with van der Waals surface area (Å²) in [6.45, 7) is 0.917. The van der Waals surface area contributed by atoms with E-state index in [1.165, 1.54) is 4.90 Å². The third kappa shape index (κ3) is 4.09. The maximum Gasteiger partial charge on any atom is 0.145 e. The Kier molecular flexibility index (Phi) is 4.50. The van der Waals surface area contributed by atoms with Crippen molar-refractivity contribution in [2.45, 2.75) is 17.9 Å². The molecular weight excluding hydrogens is 298 g/mol. The van der Waals surface area contributed by atoms with Crippen LogP contribution >= 0.6 is 27.7 Å². The third-order valence-electron chi connectivity index (χ3n) is 2.28. The number of hydrogen-bond donors (Lipinski definition) is 1. The molecule has 90 valence electrons. The molecular formula is C12H14BrN3S. The fourth-order valence-electron chi connectivity index (χ4n) is 1.45. The van der Waals surface area contributed by atoms with Crippen molar-refractivity contribution in [1.82, 2.24) is 9.78 Å². The Morgan fingerprint density at radius 1 is 1.24 bits per heavy atom. The van der Waals surface area contributed by atoms with E-state index in [1.807, 2.05) is 28.7 Å². The summed E-state index contributed by atoms with van der Waals surface area (Å²) in [6.07, 6.45) is 3.00. The van der Waals surface area contributed by atoms with Crippen LogP contribution in [0.1, 0.15) is 6.42 Å². The zero-order valence-electron chi connectivity index (χ0n) is 9.34. The lowest BCUT2D eigenvalue weighted by Crippen LogP contribution is -2.00. The average molecular weight is 312 g/mol. The second-order valence-electron chi connectivity index (χ2n) is 3.66. The Morgan fingerprint density at radius 2 is 2.00 bits per heavy atom. The van der Waals surface area contributed by atoms with Crippen molar-refractivity contribution in [3.63, 3.8) is 0 Å². The summed E-state index contributed by atoms with van der Waals surface area (Å²) in [5, 5.41) is 4.15. The lowest BCUT2D eigenvalue weighted by Gasteiger charge is -2.02. The van der Waals surface area contributed by atoms with Gasteiger partial charge in [0.25, 0.3) is 0 Å². The minimum Gasteiger partial charge on any atom is -0.382 e. The first-order chi connectivity index (χ1) is 8.24. The Hall–Kier alpha value is -0.940. The van der Waals surface area contributed by atoms with Gasteiger partial charge in [-0.15, -0.1) is 11.8 Å². The molecule has 1 aromatic carbocycles. The van der Waals surface area contributed by atoms with Gasteiger partial charge in [-0.3, -0.25) is 4.68 Å². The summed E-state index contributed by atoms with van der Waals surface area (Å²) in [4.78, 5) is 1.30. The van der Waals surface area contributed by atoms with Crippen molar-refractivity contribution in [2.24, 2.45) is 0 Å². The van der Waals surface area contributed by atoms with Crippen LogP contribution in [0.4, 0.5) is 5.82 Å². The van der Waals surface area contributed by atoms with E-state index in [0.29, 0.717) is 5.82 Å². The van der Waals surface area contributed by atoms with Crippen molar-refractivity contribution >= 4 is 33.5 Å². The van der Waals surface area contributed by atoms with E-state index in [-0.39, 0.29) is 0 Å². The number of aromatic nitrogens is 2. The molecule has 0 fully saturated rings. The highest BCUT2D eigenvalue weighted by Gasteiger charge is 1.97. The zero-order chi connectivity index (χ0) is 12.1. The molecule has 3 nitrogen and oxygen atoms in total. The molecule has 0 radical (unpaired) electrons. The van der Waals surface area contributed by atoms with E-state index in [9.17, 15) is 0 Å². The molecule has 2 N–H and O–H groups in total. The highest BCUT2D eigenvalue weighted by molar-refractivity contribution is 9.10. The van der Waals surface area contributed by atoms with E-state index >= 15 is 0 Å². The summed E-state index contributed by atoms with van der Waals surface area (Å²) in [5.41, 5.74) is 5.55. The SMILES string of the molecule is Nc1ccn(CCCSc2ccc(Br)cc2)n1. The monoisotopic (exact) mass is 311 g/mol. The van der Waals surface area contributed by atoms with E-state index < -0.39 is 0 Å². The number of hydrogen-bond acceptors (Lipinski definition) is 3. The second-order valence-corrected chi connectivity index (χ2v) is 5.74. The molecule has 0 bridgehead atoms. The molecule has 1 aromatic heterocycles. The number of nitrogen functional groups attached to an aromatic ring is 1. The fourth-order valence-corrected chi connectivity index (χ4v) is 2.55. The van der Waals surface area contributed by atoms with Crippen LogP contribution in [0.5, 0.6) is 0 Å². The number of rotatable bonds is 5. The van der Waals surface area contributed by atoms with Gasteiger partial charge in [0.1, 0.15) is 5.82 Å². The first kappa shape index (κ1) is 12.5. The van der Waals surface area contributed by atoms with Gasteiger partial charge in [-0.1, -0.05) is 15.9 Å². The molecule has 0 atom stereocenters. The lowest BCUT2D eigenvalue weighted by atomic mass is 10.4. The van der Waals surface area contributed by atoms with Gasteiger partial charge in [0.15, 0.2) is 0 Å². The minimum atomic E-state index is 0.588. The van der Waals surface area contributed by atoms with Crippen LogP contribution in [-0.2, 0) is 6.54 Å². The number of thioether (sulfide) groups is 1. The number of nitrogens with two attached hydrogens (primary N) is 1. The number of anilines is 1. The molecule has 2 aromatic rings. The number of benzene rings is 1. The number of halogens is 1. The summed E-state index contributed by atoms with van der Waals surface area (Å²) in [7, 11) is 0. The van der Waals surface area contributed by atoms with E-state index in [4.69, 9.17) is 5.73 Å². The second kappa shape index (κ2) is 6.12. The van der Waals surface area contributed by atoms with Crippen LogP contribution in [0.3, 0.4) is 0 Å². The molecule has 0 aliphatic heterocycles. The number of nitrogens with zero attached hydrogens (tertiary/aromatic N) is 2. The lowest BCUT2D eigenvalue weighted by molar-refractivity contribution is 0.608. The molecule has 5 heteroatoms. The normalized spacial score (nSPS) is 10.6. The first-order valence-corrected chi connectivity index (χ1v) is 7.19. The van der Waals surface area contributed by atoms with Crippen molar-refractivity contribution < 1.29 is 0 Å². The van der Waals surface area contributed by atoms with Gasteiger partial charge >= 0.3 is 0 Å². The molecule has 1 heterocycles. The van der Waals surface area contributed by atoms with Gasteiger partial charge in [-0.05, 0) is 42.5 Å². The Morgan fingerprint density at radius 3 is 2.65 bits per heavy atom. The molecule has 2 rings (SSSR count). The predicted octanol–water partition coefficient (Wildman–Crippen LogP) is 3.41. The Labute approximate surface area is 114 Å². The molecule has 0 saturated carbocycles. The quantitative estimate of drug-likeness (QED) is 0.680. The van der Waals surface area contributed by atoms with Crippen LogP contribution in [0, 0.1) is 0 Å². The van der Waals surface area contributed by atoms with Gasteiger partial charge in [0.2, 0.25) is 0 Å². The van der Waals surface area contributed by atoms with Crippen molar-refractivity contribution in [2.75, 3.05) is 11.5 Å². The Balaban J connectivity index is 1.71. The number of aryl methyl sites for hydroxylation is 1. The van der Waals surface area contributed by atoms with Crippen LogP contribution in [0.15, 0.2) is 45.9 Å². The van der Waals surface area contributed by atoms with Gasteiger partial charge in [0, 0.05) is 22.1 Å². The summed E-state index contributed by atoms with van der Waals surface area (Å²) < 4.78 is 3.01. The van der Waals surface area contributed by atoms with Crippen LogP contribution in [0.25, 0.3) is 0 Å². The largest absolute Gasteiger partial charge is 0.382 e. The standard InChI is InChI=1S/C12H14BrN3S/c13-10-2-4-11(5-3-10)17-9-1-7-16-8-6-12(14)15-16/h2-6,8H,1,7,9H2,(H2,14,15).